The molecule has 1 amide bonds. The Bertz CT molecular complexity index is 970. The molecule has 0 bridgehead atoms. The topological polar surface area (TPSA) is 65.7 Å². The minimum absolute atomic E-state index is 0.214. The largest absolute Gasteiger partial charge is 0.508 e. The van der Waals surface area contributed by atoms with Gasteiger partial charge in [-0.25, -0.2) is 0 Å². The van der Waals surface area contributed by atoms with Crippen LogP contribution in [0.4, 0.5) is 5.69 Å². The molecule has 4 rings (SSSR count). The van der Waals surface area contributed by atoms with Crippen molar-refractivity contribution in [1.29, 1.82) is 0 Å². The van der Waals surface area contributed by atoms with E-state index in [1.54, 1.807) is 19.1 Å². The van der Waals surface area contributed by atoms with Crippen molar-refractivity contribution in [2.75, 3.05) is 18.4 Å². The minimum Gasteiger partial charge on any atom is -0.508 e. The summed E-state index contributed by atoms with van der Waals surface area (Å²) in [6, 6.07) is 12.8. The summed E-state index contributed by atoms with van der Waals surface area (Å²) in [7, 11) is 0. The van der Waals surface area contributed by atoms with Crippen molar-refractivity contribution in [3.8, 4) is 5.75 Å². The maximum Gasteiger partial charge on any atom is 0.259 e. The Balaban J connectivity index is 1.73. The number of furan rings is 1. The molecule has 0 unspecified atom stereocenters. The van der Waals surface area contributed by atoms with Gasteiger partial charge in [-0.1, -0.05) is 31.0 Å². The van der Waals surface area contributed by atoms with E-state index in [4.69, 9.17) is 4.42 Å². The van der Waals surface area contributed by atoms with Crippen LogP contribution < -0.4 is 5.32 Å². The average molecular weight is 378 g/mol. The molecule has 1 saturated heterocycles. The van der Waals surface area contributed by atoms with Crippen molar-refractivity contribution >= 4 is 22.6 Å². The first kappa shape index (κ1) is 18.6. The fourth-order valence-corrected chi connectivity index (χ4v) is 4.03. The summed E-state index contributed by atoms with van der Waals surface area (Å²) in [6.45, 7) is 4.44. The second kappa shape index (κ2) is 8.07. The Labute approximate surface area is 165 Å². The Morgan fingerprint density at radius 1 is 1.07 bits per heavy atom. The summed E-state index contributed by atoms with van der Waals surface area (Å²) in [6.07, 6.45) is 4.84. The first-order valence-corrected chi connectivity index (χ1v) is 9.96. The SMILES string of the molecule is Cc1oc2ccc(O)c(CN3CCCCCC3)c2c1C(=O)Nc1ccccc1. The molecule has 0 radical (unpaired) electrons. The van der Waals surface area contributed by atoms with Crippen molar-refractivity contribution in [2.45, 2.75) is 39.2 Å². The summed E-state index contributed by atoms with van der Waals surface area (Å²) >= 11 is 0. The number of likely N-dealkylation sites (tertiary alicyclic amines) is 1. The van der Waals surface area contributed by atoms with E-state index in [1.807, 2.05) is 30.3 Å². The van der Waals surface area contributed by atoms with E-state index < -0.39 is 0 Å². The summed E-state index contributed by atoms with van der Waals surface area (Å²) in [5, 5.41) is 14.3. The molecule has 5 heteroatoms. The molecule has 1 fully saturated rings. The molecule has 0 aliphatic carbocycles. The lowest BCUT2D eigenvalue weighted by Gasteiger charge is -2.21. The minimum atomic E-state index is -0.217. The van der Waals surface area contributed by atoms with Gasteiger partial charge >= 0.3 is 0 Å². The van der Waals surface area contributed by atoms with E-state index in [0.29, 0.717) is 23.5 Å². The van der Waals surface area contributed by atoms with Crippen LogP contribution >= 0.6 is 0 Å². The molecular weight excluding hydrogens is 352 g/mol. The van der Waals surface area contributed by atoms with Crippen molar-refractivity contribution < 1.29 is 14.3 Å². The molecular formula is C23H26N2O3. The standard InChI is InChI=1S/C23H26N2O3/c1-16-21(23(27)24-17-9-5-4-6-10-17)22-18(19(26)11-12-20(22)28-16)15-25-13-7-2-3-8-14-25/h4-6,9-12,26H,2-3,7-8,13-15H2,1H3,(H,24,27). The van der Waals surface area contributed by atoms with Crippen LogP contribution in [0.5, 0.6) is 5.75 Å². The number of aromatic hydroxyl groups is 1. The van der Waals surface area contributed by atoms with Crippen molar-refractivity contribution in [2.24, 2.45) is 0 Å². The summed E-state index contributed by atoms with van der Waals surface area (Å²) in [5.41, 5.74) is 2.64. The van der Waals surface area contributed by atoms with Crippen molar-refractivity contribution in [3.05, 3.63) is 59.4 Å². The van der Waals surface area contributed by atoms with Gasteiger partial charge in [0, 0.05) is 23.2 Å². The van der Waals surface area contributed by atoms with Gasteiger partial charge in [0.1, 0.15) is 17.1 Å². The molecule has 1 aromatic heterocycles. The van der Waals surface area contributed by atoms with Gasteiger partial charge < -0.3 is 14.8 Å². The van der Waals surface area contributed by atoms with Crippen LogP contribution in [0.15, 0.2) is 46.9 Å². The second-order valence-corrected chi connectivity index (χ2v) is 7.48. The van der Waals surface area contributed by atoms with E-state index in [1.165, 1.54) is 25.7 Å². The van der Waals surface area contributed by atoms with Crippen LogP contribution in [0.2, 0.25) is 0 Å². The maximum atomic E-state index is 13.1. The van der Waals surface area contributed by atoms with Crippen LogP contribution in [0, 0.1) is 6.92 Å². The molecule has 146 valence electrons. The summed E-state index contributed by atoms with van der Waals surface area (Å²) < 4.78 is 5.88. The van der Waals surface area contributed by atoms with Crippen molar-refractivity contribution in [3.63, 3.8) is 0 Å². The van der Waals surface area contributed by atoms with Gasteiger partial charge in [0.25, 0.3) is 5.91 Å². The number of fused-ring (bicyclic) bond motifs is 1. The Morgan fingerprint density at radius 3 is 2.50 bits per heavy atom. The lowest BCUT2D eigenvalue weighted by molar-refractivity contribution is 0.102. The third kappa shape index (κ3) is 3.76. The predicted molar refractivity (Wildman–Crippen MR) is 111 cm³/mol. The number of carbonyl (C=O) groups is 1. The predicted octanol–water partition coefficient (Wildman–Crippen LogP) is 5.08. The Kier molecular flexibility index (Phi) is 5.35. The number of hydrogen-bond donors (Lipinski definition) is 2. The van der Waals surface area contributed by atoms with Gasteiger partial charge in [-0.15, -0.1) is 0 Å². The lowest BCUT2D eigenvalue weighted by Crippen LogP contribution is -2.24. The zero-order valence-corrected chi connectivity index (χ0v) is 16.2. The highest BCUT2D eigenvalue weighted by Gasteiger charge is 2.24. The van der Waals surface area contributed by atoms with Crippen LogP contribution in [-0.2, 0) is 6.54 Å². The first-order chi connectivity index (χ1) is 13.6. The Hall–Kier alpha value is -2.79. The van der Waals surface area contributed by atoms with Crippen LogP contribution in [-0.4, -0.2) is 29.0 Å². The van der Waals surface area contributed by atoms with E-state index in [9.17, 15) is 9.90 Å². The molecule has 2 N–H and O–H groups in total. The fourth-order valence-electron chi connectivity index (χ4n) is 4.03. The number of para-hydroxylation sites is 1. The van der Waals surface area contributed by atoms with Gasteiger partial charge in [-0.05, 0) is 57.1 Å². The van der Waals surface area contributed by atoms with Crippen LogP contribution in [0.25, 0.3) is 11.0 Å². The van der Waals surface area contributed by atoms with Crippen LogP contribution in [0.1, 0.15) is 47.4 Å². The van der Waals surface area contributed by atoms with E-state index in [2.05, 4.69) is 10.2 Å². The maximum absolute atomic E-state index is 13.1. The molecule has 5 nitrogen and oxygen atoms in total. The summed E-state index contributed by atoms with van der Waals surface area (Å²) in [5.74, 6) is 0.558. The quantitative estimate of drug-likeness (QED) is 0.665. The molecule has 0 saturated carbocycles. The number of carbonyl (C=O) groups excluding carboxylic acids is 1. The normalized spacial score (nSPS) is 15.5. The van der Waals surface area contributed by atoms with Crippen molar-refractivity contribution in [1.82, 2.24) is 4.90 Å². The number of phenolic OH excluding ortho intramolecular Hbond substituents is 1. The molecule has 28 heavy (non-hydrogen) atoms. The van der Waals surface area contributed by atoms with E-state index >= 15 is 0 Å². The third-order valence-electron chi connectivity index (χ3n) is 5.45. The number of phenols is 1. The van der Waals surface area contributed by atoms with Gasteiger partial charge in [0.05, 0.1) is 5.56 Å². The van der Waals surface area contributed by atoms with Gasteiger partial charge in [-0.2, -0.15) is 0 Å². The zero-order valence-electron chi connectivity index (χ0n) is 16.2. The number of hydrogen-bond acceptors (Lipinski definition) is 4. The van der Waals surface area contributed by atoms with Gasteiger partial charge in [-0.3, -0.25) is 9.69 Å². The number of benzene rings is 2. The monoisotopic (exact) mass is 378 g/mol. The first-order valence-electron chi connectivity index (χ1n) is 9.96. The number of rotatable bonds is 4. The van der Waals surface area contributed by atoms with Gasteiger partial charge in [0.15, 0.2) is 0 Å². The highest BCUT2D eigenvalue weighted by molar-refractivity contribution is 6.14. The molecule has 3 aromatic rings. The summed E-state index contributed by atoms with van der Waals surface area (Å²) in [4.78, 5) is 15.4. The fraction of sp³-hybridized carbons (Fsp3) is 0.348. The van der Waals surface area contributed by atoms with E-state index in [0.717, 1.165) is 29.7 Å². The van der Waals surface area contributed by atoms with Gasteiger partial charge in [0.2, 0.25) is 0 Å². The molecule has 0 atom stereocenters. The molecule has 2 aromatic carbocycles. The number of nitrogens with zero attached hydrogens (tertiary/aromatic N) is 1. The average Bonchev–Trinajstić information content (AvgIpc) is 2.85. The van der Waals surface area contributed by atoms with E-state index in [-0.39, 0.29) is 11.7 Å². The highest BCUT2D eigenvalue weighted by Crippen LogP contribution is 2.35. The smallest absolute Gasteiger partial charge is 0.259 e. The number of aryl methyl sites for hydroxylation is 1. The lowest BCUT2D eigenvalue weighted by atomic mass is 10.0. The second-order valence-electron chi connectivity index (χ2n) is 7.48. The zero-order chi connectivity index (χ0) is 19.5. The Morgan fingerprint density at radius 2 is 1.79 bits per heavy atom. The van der Waals surface area contributed by atoms with Crippen LogP contribution in [0.3, 0.4) is 0 Å². The number of anilines is 1. The molecule has 1 aliphatic rings. The molecule has 2 heterocycles. The molecule has 0 spiro atoms. The number of nitrogens with one attached hydrogen (secondary N) is 1. The number of amides is 1. The highest BCUT2D eigenvalue weighted by atomic mass is 16.3. The third-order valence-corrected chi connectivity index (χ3v) is 5.45. The molecule has 1 aliphatic heterocycles.